The lowest BCUT2D eigenvalue weighted by Crippen LogP contribution is -1.93. The van der Waals surface area contributed by atoms with Crippen molar-refractivity contribution in [2.75, 3.05) is 0 Å². The molecule has 0 N–H and O–H groups in total. The Kier molecular flexibility index (Phi) is 2.65. The average Bonchev–Trinajstić information content (AvgIpc) is 2.53. The van der Waals surface area contributed by atoms with Gasteiger partial charge in [0.05, 0.1) is 6.20 Å². The van der Waals surface area contributed by atoms with Gasteiger partial charge in [-0.05, 0) is 47.0 Å². The molecule has 0 bridgehead atoms. The van der Waals surface area contributed by atoms with Crippen LogP contribution in [0.5, 0.6) is 0 Å². The van der Waals surface area contributed by atoms with E-state index in [0.29, 0.717) is 0 Å². The van der Waals surface area contributed by atoms with Crippen LogP contribution in [-0.4, -0.2) is 9.55 Å². The number of aromatic nitrogens is 2. The standard InChI is InChI=1S/C12H13BrN2/c1-8-4-5-10(6-9(8)2)12-14-7-11(13)15(12)3/h4-7H,1-3H3. The summed E-state index contributed by atoms with van der Waals surface area (Å²) in [6, 6.07) is 6.41. The van der Waals surface area contributed by atoms with Crippen molar-refractivity contribution in [1.29, 1.82) is 0 Å². The summed E-state index contributed by atoms with van der Waals surface area (Å²) in [5, 5.41) is 0. The zero-order valence-corrected chi connectivity index (χ0v) is 10.7. The van der Waals surface area contributed by atoms with Crippen molar-refractivity contribution in [3.8, 4) is 11.4 Å². The van der Waals surface area contributed by atoms with Gasteiger partial charge in [0.1, 0.15) is 10.4 Å². The van der Waals surface area contributed by atoms with Gasteiger partial charge in [-0.1, -0.05) is 12.1 Å². The first-order valence-corrected chi connectivity index (χ1v) is 5.63. The summed E-state index contributed by atoms with van der Waals surface area (Å²) in [6.07, 6.45) is 1.82. The number of aryl methyl sites for hydroxylation is 2. The molecule has 2 aromatic rings. The zero-order chi connectivity index (χ0) is 11.0. The van der Waals surface area contributed by atoms with E-state index in [1.807, 2.05) is 17.8 Å². The molecule has 1 heterocycles. The number of hydrogen-bond donors (Lipinski definition) is 0. The largest absolute Gasteiger partial charge is 0.322 e. The van der Waals surface area contributed by atoms with Crippen LogP contribution >= 0.6 is 15.9 Å². The number of halogens is 1. The third-order valence-electron chi connectivity index (χ3n) is 2.70. The summed E-state index contributed by atoms with van der Waals surface area (Å²) < 4.78 is 3.03. The Hall–Kier alpha value is -1.09. The minimum absolute atomic E-state index is 0.991. The van der Waals surface area contributed by atoms with Gasteiger partial charge in [0.15, 0.2) is 0 Å². The van der Waals surface area contributed by atoms with Gasteiger partial charge < -0.3 is 4.57 Å². The van der Waals surface area contributed by atoms with Crippen LogP contribution in [-0.2, 0) is 7.05 Å². The van der Waals surface area contributed by atoms with Crippen LogP contribution < -0.4 is 0 Å². The van der Waals surface area contributed by atoms with E-state index in [1.165, 1.54) is 11.1 Å². The zero-order valence-electron chi connectivity index (χ0n) is 9.08. The van der Waals surface area contributed by atoms with Crippen LogP contribution in [0.1, 0.15) is 11.1 Å². The first-order chi connectivity index (χ1) is 7.09. The molecule has 0 radical (unpaired) electrons. The van der Waals surface area contributed by atoms with Crippen molar-refractivity contribution < 1.29 is 0 Å². The number of hydrogen-bond acceptors (Lipinski definition) is 1. The van der Waals surface area contributed by atoms with E-state index < -0.39 is 0 Å². The minimum Gasteiger partial charge on any atom is -0.322 e. The van der Waals surface area contributed by atoms with Crippen molar-refractivity contribution in [2.45, 2.75) is 13.8 Å². The van der Waals surface area contributed by atoms with E-state index in [-0.39, 0.29) is 0 Å². The van der Waals surface area contributed by atoms with Crippen LogP contribution in [0, 0.1) is 13.8 Å². The maximum absolute atomic E-state index is 4.37. The van der Waals surface area contributed by atoms with Crippen LogP contribution in [0.25, 0.3) is 11.4 Å². The summed E-state index contributed by atoms with van der Waals surface area (Å²) in [7, 11) is 2.00. The number of imidazole rings is 1. The summed E-state index contributed by atoms with van der Waals surface area (Å²) in [4.78, 5) is 4.37. The highest BCUT2D eigenvalue weighted by Gasteiger charge is 2.07. The van der Waals surface area contributed by atoms with Crippen molar-refractivity contribution in [1.82, 2.24) is 9.55 Å². The summed E-state index contributed by atoms with van der Waals surface area (Å²) >= 11 is 3.45. The van der Waals surface area contributed by atoms with Crippen molar-refractivity contribution >= 4 is 15.9 Å². The molecule has 0 amide bonds. The van der Waals surface area contributed by atoms with Crippen LogP contribution in [0.2, 0.25) is 0 Å². The first-order valence-electron chi connectivity index (χ1n) is 4.84. The van der Waals surface area contributed by atoms with Gasteiger partial charge in [-0.15, -0.1) is 0 Å². The van der Waals surface area contributed by atoms with Crippen molar-refractivity contribution in [3.63, 3.8) is 0 Å². The Morgan fingerprint density at radius 3 is 2.47 bits per heavy atom. The highest BCUT2D eigenvalue weighted by Crippen LogP contribution is 2.23. The number of benzene rings is 1. The van der Waals surface area contributed by atoms with Gasteiger partial charge in [0.25, 0.3) is 0 Å². The Balaban J connectivity index is 2.55. The van der Waals surface area contributed by atoms with E-state index in [1.54, 1.807) is 0 Å². The second kappa shape index (κ2) is 3.81. The van der Waals surface area contributed by atoms with Crippen LogP contribution in [0.4, 0.5) is 0 Å². The molecule has 1 aromatic carbocycles. The van der Waals surface area contributed by atoms with E-state index in [9.17, 15) is 0 Å². The smallest absolute Gasteiger partial charge is 0.140 e. The Morgan fingerprint density at radius 2 is 1.93 bits per heavy atom. The quantitative estimate of drug-likeness (QED) is 0.772. The predicted octanol–water partition coefficient (Wildman–Crippen LogP) is 3.47. The summed E-state index contributed by atoms with van der Waals surface area (Å²) in [5.74, 6) is 0.991. The van der Waals surface area contributed by atoms with E-state index in [0.717, 1.165) is 16.0 Å². The maximum atomic E-state index is 4.37. The molecular formula is C12H13BrN2. The predicted molar refractivity (Wildman–Crippen MR) is 65.8 cm³/mol. The lowest BCUT2D eigenvalue weighted by Gasteiger charge is -2.05. The van der Waals surface area contributed by atoms with Crippen molar-refractivity contribution in [2.24, 2.45) is 7.05 Å². The second-order valence-electron chi connectivity index (χ2n) is 3.76. The molecule has 2 rings (SSSR count). The molecular weight excluding hydrogens is 252 g/mol. The molecule has 78 valence electrons. The Morgan fingerprint density at radius 1 is 1.20 bits per heavy atom. The number of nitrogens with zero attached hydrogens (tertiary/aromatic N) is 2. The molecule has 0 atom stereocenters. The highest BCUT2D eigenvalue weighted by atomic mass is 79.9. The molecule has 0 fully saturated rings. The molecule has 0 aliphatic heterocycles. The third kappa shape index (κ3) is 1.84. The Labute approximate surface area is 98.1 Å². The van der Waals surface area contributed by atoms with Gasteiger partial charge in [-0.3, -0.25) is 0 Å². The fraction of sp³-hybridized carbons (Fsp3) is 0.250. The van der Waals surface area contributed by atoms with Gasteiger partial charge >= 0.3 is 0 Å². The minimum atomic E-state index is 0.991. The van der Waals surface area contributed by atoms with E-state index in [2.05, 4.69) is 53.0 Å². The summed E-state index contributed by atoms with van der Waals surface area (Å²) in [6.45, 7) is 4.24. The van der Waals surface area contributed by atoms with Crippen molar-refractivity contribution in [3.05, 3.63) is 40.1 Å². The van der Waals surface area contributed by atoms with Gasteiger partial charge in [-0.2, -0.15) is 0 Å². The van der Waals surface area contributed by atoms with Crippen LogP contribution in [0.15, 0.2) is 29.0 Å². The average molecular weight is 265 g/mol. The van der Waals surface area contributed by atoms with Crippen LogP contribution in [0.3, 0.4) is 0 Å². The molecule has 3 heteroatoms. The molecule has 1 aromatic heterocycles. The van der Waals surface area contributed by atoms with E-state index in [4.69, 9.17) is 0 Å². The molecule has 15 heavy (non-hydrogen) atoms. The lowest BCUT2D eigenvalue weighted by atomic mass is 10.1. The summed E-state index contributed by atoms with van der Waals surface area (Å²) in [5.41, 5.74) is 3.77. The first kappa shape index (κ1) is 10.4. The molecule has 0 aliphatic rings. The van der Waals surface area contributed by atoms with Gasteiger partial charge in [0.2, 0.25) is 0 Å². The second-order valence-corrected chi connectivity index (χ2v) is 4.58. The molecule has 0 saturated carbocycles. The number of rotatable bonds is 1. The highest BCUT2D eigenvalue weighted by molar-refractivity contribution is 9.10. The fourth-order valence-electron chi connectivity index (χ4n) is 1.54. The fourth-order valence-corrected chi connectivity index (χ4v) is 1.81. The molecule has 0 unspecified atom stereocenters. The SMILES string of the molecule is Cc1ccc(-c2ncc(Br)n2C)cc1C. The normalized spacial score (nSPS) is 10.7. The van der Waals surface area contributed by atoms with Gasteiger partial charge in [-0.25, -0.2) is 4.98 Å². The molecule has 0 saturated heterocycles. The molecule has 2 nitrogen and oxygen atoms in total. The Bertz CT molecular complexity index is 500. The monoisotopic (exact) mass is 264 g/mol. The topological polar surface area (TPSA) is 17.8 Å². The van der Waals surface area contributed by atoms with Gasteiger partial charge in [0, 0.05) is 12.6 Å². The third-order valence-corrected chi connectivity index (χ3v) is 3.43. The van der Waals surface area contributed by atoms with E-state index >= 15 is 0 Å². The maximum Gasteiger partial charge on any atom is 0.140 e. The molecule has 0 spiro atoms. The molecule has 0 aliphatic carbocycles. The lowest BCUT2D eigenvalue weighted by molar-refractivity contribution is 0.901.